The highest BCUT2D eigenvalue weighted by molar-refractivity contribution is 5.69. The summed E-state index contributed by atoms with van der Waals surface area (Å²) in [6.45, 7) is 11.2. The van der Waals surface area contributed by atoms with Crippen LogP contribution in [-0.4, -0.2) is 11.1 Å². The predicted octanol–water partition coefficient (Wildman–Crippen LogP) is 5.44. The molecular formula is C20H28O2. The second kappa shape index (κ2) is 5.91. The van der Waals surface area contributed by atoms with Crippen molar-refractivity contribution in [3.05, 3.63) is 46.6 Å². The average molecular weight is 300 g/mol. The maximum atomic E-state index is 10.7. The Kier molecular flexibility index (Phi) is 4.51. The summed E-state index contributed by atoms with van der Waals surface area (Å²) >= 11 is 0. The Labute approximate surface area is 134 Å². The zero-order valence-corrected chi connectivity index (χ0v) is 14.5. The molecule has 22 heavy (non-hydrogen) atoms. The molecule has 0 saturated carbocycles. The van der Waals surface area contributed by atoms with Gasteiger partial charge in [-0.05, 0) is 42.7 Å². The number of carbonyl (C=O) groups is 1. The Balaban J connectivity index is 2.22. The first kappa shape index (κ1) is 16.8. The molecule has 0 bridgehead atoms. The predicted molar refractivity (Wildman–Crippen MR) is 91.7 cm³/mol. The average Bonchev–Trinajstić information content (AvgIpc) is 2.62. The van der Waals surface area contributed by atoms with Gasteiger partial charge in [0.2, 0.25) is 0 Å². The summed E-state index contributed by atoms with van der Waals surface area (Å²) in [5.41, 5.74) is 5.70. The summed E-state index contributed by atoms with van der Waals surface area (Å²) in [7, 11) is 0. The van der Waals surface area contributed by atoms with Crippen molar-refractivity contribution >= 4 is 5.97 Å². The molecule has 0 unspecified atom stereocenters. The number of carboxylic acid groups (broad SMARTS) is 1. The van der Waals surface area contributed by atoms with E-state index in [1.807, 2.05) is 19.1 Å². The van der Waals surface area contributed by atoms with Crippen molar-refractivity contribution in [2.24, 2.45) is 10.8 Å². The van der Waals surface area contributed by atoms with Crippen LogP contribution >= 0.6 is 0 Å². The standard InChI is InChI=1S/C20H28O2/c1-14(12-18(21)22)8-6-9-15-13-17-16(20(15,4)5)10-7-11-19(17,2)3/h6,8-9,13H,7,10-12H2,1-5H3,(H,21,22). The van der Waals surface area contributed by atoms with E-state index < -0.39 is 5.97 Å². The molecule has 0 heterocycles. The van der Waals surface area contributed by atoms with Crippen molar-refractivity contribution in [2.75, 3.05) is 0 Å². The first-order valence-corrected chi connectivity index (χ1v) is 8.16. The minimum atomic E-state index is -0.776. The molecule has 2 aliphatic rings. The molecule has 2 aliphatic carbocycles. The molecule has 2 nitrogen and oxygen atoms in total. The maximum absolute atomic E-state index is 10.7. The van der Waals surface area contributed by atoms with Crippen molar-refractivity contribution in [3.63, 3.8) is 0 Å². The molecule has 0 radical (unpaired) electrons. The van der Waals surface area contributed by atoms with Gasteiger partial charge in [-0.3, -0.25) is 4.79 Å². The van der Waals surface area contributed by atoms with E-state index >= 15 is 0 Å². The van der Waals surface area contributed by atoms with Crippen LogP contribution in [-0.2, 0) is 4.79 Å². The fraction of sp³-hybridized carbons (Fsp3) is 0.550. The van der Waals surface area contributed by atoms with Gasteiger partial charge in [0.25, 0.3) is 0 Å². The third kappa shape index (κ3) is 3.26. The third-order valence-corrected chi connectivity index (χ3v) is 5.15. The second-order valence-corrected chi connectivity index (χ2v) is 7.80. The Bertz CT molecular complexity index is 595. The van der Waals surface area contributed by atoms with Crippen molar-refractivity contribution in [3.8, 4) is 0 Å². The van der Waals surface area contributed by atoms with Crippen LogP contribution < -0.4 is 0 Å². The summed E-state index contributed by atoms with van der Waals surface area (Å²) in [6, 6.07) is 0. The fourth-order valence-electron chi connectivity index (χ4n) is 3.70. The molecular weight excluding hydrogens is 272 g/mol. The van der Waals surface area contributed by atoms with Gasteiger partial charge in [0, 0.05) is 5.41 Å². The van der Waals surface area contributed by atoms with Crippen LogP contribution in [0.15, 0.2) is 46.6 Å². The van der Waals surface area contributed by atoms with E-state index in [0.29, 0.717) is 0 Å². The summed E-state index contributed by atoms with van der Waals surface area (Å²) in [5.74, 6) is -0.776. The minimum Gasteiger partial charge on any atom is -0.481 e. The molecule has 0 aromatic carbocycles. The maximum Gasteiger partial charge on any atom is 0.307 e. The van der Waals surface area contributed by atoms with Crippen molar-refractivity contribution in [2.45, 2.75) is 60.3 Å². The molecule has 0 spiro atoms. The normalized spacial score (nSPS) is 23.7. The molecule has 2 rings (SSSR count). The molecule has 0 atom stereocenters. The summed E-state index contributed by atoms with van der Waals surface area (Å²) in [5, 5.41) is 8.79. The zero-order chi connectivity index (χ0) is 16.5. The lowest BCUT2D eigenvalue weighted by Gasteiger charge is -2.35. The van der Waals surface area contributed by atoms with Gasteiger partial charge in [-0.1, -0.05) is 63.1 Å². The minimum absolute atomic E-state index is 0.0953. The van der Waals surface area contributed by atoms with Gasteiger partial charge >= 0.3 is 5.97 Å². The Morgan fingerprint density at radius 2 is 2.00 bits per heavy atom. The van der Waals surface area contributed by atoms with E-state index in [1.54, 1.807) is 5.57 Å². The smallest absolute Gasteiger partial charge is 0.307 e. The van der Waals surface area contributed by atoms with Gasteiger partial charge in [-0.2, -0.15) is 0 Å². The highest BCUT2D eigenvalue weighted by Gasteiger charge is 2.40. The molecule has 0 aliphatic heterocycles. The van der Waals surface area contributed by atoms with E-state index in [4.69, 9.17) is 5.11 Å². The van der Waals surface area contributed by atoms with Gasteiger partial charge in [-0.15, -0.1) is 0 Å². The van der Waals surface area contributed by atoms with Crippen LogP contribution in [0.5, 0.6) is 0 Å². The monoisotopic (exact) mass is 300 g/mol. The number of hydrogen-bond donors (Lipinski definition) is 1. The first-order chi connectivity index (χ1) is 10.1. The van der Waals surface area contributed by atoms with Crippen LogP contribution in [0.1, 0.15) is 60.3 Å². The van der Waals surface area contributed by atoms with Crippen LogP contribution in [0.4, 0.5) is 0 Å². The Morgan fingerprint density at radius 3 is 2.59 bits per heavy atom. The van der Waals surface area contributed by atoms with E-state index in [1.165, 1.54) is 30.4 Å². The van der Waals surface area contributed by atoms with Gasteiger partial charge in [0.15, 0.2) is 0 Å². The van der Waals surface area contributed by atoms with E-state index in [2.05, 4.69) is 39.8 Å². The largest absolute Gasteiger partial charge is 0.481 e. The van der Waals surface area contributed by atoms with E-state index in [0.717, 1.165) is 5.57 Å². The van der Waals surface area contributed by atoms with Gasteiger partial charge in [0.05, 0.1) is 6.42 Å². The third-order valence-electron chi connectivity index (χ3n) is 5.15. The van der Waals surface area contributed by atoms with Crippen LogP contribution in [0.2, 0.25) is 0 Å². The number of rotatable bonds is 4. The van der Waals surface area contributed by atoms with Crippen LogP contribution in [0.25, 0.3) is 0 Å². The lowest BCUT2D eigenvalue weighted by atomic mass is 9.69. The van der Waals surface area contributed by atoms with Crippen LogP contribution in [0.3, 0.4) is 0 Å². The summed E-state index contributed by atoms with van der Waals surface area (Å²) < 4.78 is 0. The zero-order valence-electron chi connectivity index (χ0n) is 14.5. The molecule has 0 aromatic heterocycles. The quantitative estimate of drug-likeness (QED) is 0.702. The molecule has 1 N–H and O–H groups in total. The topological polar surface area (TPSA) is 37.3 Å². The lowest BCUT2D eigenvalue weighted by Crippen LogP contribution is -2.23. The molecule has 0 fully saturated rings. The number of allylic oxidation sites excluding steroid dienone is 7. The van der Waals surface area contributed by atoms with Gasteiger partial charge in [-0.25, -0.2) is 0 Å². The van der Waals surface area contributed by atoms with Crippen molar-refractivity contribution < 1.29 is 9.90 Å². The highest BCUT2D eigenvalue weighted by atomic mass is 16.4. The van der Waals surface area contributed by atoms with Gasteiger partial charge in [0.1, 0.15) is 0 Å². The van der Waals surface area contributed by atoms with Crippen LogP contribution in [0, 0.1) is 10.8 Å². The SMILES string of the molecule is CC(=CC=CC1=CC2=C(CCCC2(C)C)C1(C)C)CC(=O)O. The van der Waals surface area contributed by atoms with Crippen molar-refractivity contribution in [1.29, 1.82) is 0 Å². The second-order valence-electron chi connectivity index (χ2n) is 7.80. The molecule has 0 amide bonds. The number of hydrogen-bond acceptors (Lipinski definition) is 1. The lowest BCUT2D eigenvalue weighted by molar-refractivity contribution is -0.136. The Hall–Kier alpha value is -1.57. The Morgan fingerprint density at radius 1 is 1.32 bits per heavy atom. The van der Waals surface area contributed by atoms with E-state index in [9.17, 15) is 4.79 Å². The first-order valence-electron chi connectivity index (χ1n) is 8.16. The van der Waals surface area contributed by atoms with Crippen molar-refractivity contribution in [1.82, 2.24) is 0 Å². The number of aliphatic carboxylic acids is 1. The summed E-state index contributed by atoms with van der Waals surface area (Å²) in [6.07, 6.45) is 12.3. The highest BCUT2D eigenvalue weighted by Crippen LogP contribution is 2.54. The fourth-order valence-corrected chi connectivity index (χ4v) is 3.70. The molecule has 2 heteroatoms. The molecule has 0 aromatic rings. The van der Waals surface area contributed by atoms with Gasteiger partial charge < -0.3 is 5.11 Å². The van der Waals surface area contributed by atoms with E-state index in [-0.39, 0.29) is 17.3 Å². The molecule has 120 valence electrons. The number of carboxylic acids is 1. The summed E-state index contributed by atoms with van der Waals surface area (Å²) in [4.78, 5) is 10.7. The molecule has 0 saturated heterocycles.